The summed E-state index contributed by atoms with van der Waals surface area (Å²) in [4.78, 5) is 24.9. The highest BCUT2D eigenvalue weighted by atomic mass is 32.1. The van der Waals surface area contributed by atoms with Gasteiger partial charge < -0.3 is 14.8 Å². The molecule has 0 aliphatic heterocycles. The van der Waals surface area contributed by atoms with Gasteiger partial charge in [0, 0.05) is 28.4 Å². The van der Waals surface area contributed by atoms with Crippen molar-refractivity contribution in [3.05, 3.63) is 63.8 Å². The molecule has 0 aliphatic carbocycles. The summed E-state index contributed by atoms with van der Waals surface area (Å²) in [5, 5.41) is 3.04. The van der Waals surface area contributed by atoms with Gasteiger partial charge in [0.25, 0.3) is 5.91 Å². The molecule has 0 atom stereocenters. The van der Waals surface area contributed by atoms with Gasteiger partial charge in [-0.15, -0.1) is 11.3 Å². The predicted octanol–water partition coefficient (Wildman–Crippen LogP) is 4.60. The fraction of sp³-hybridized carbons (Fsp3) is 0.238. The Labute approximate surface area is 166 Å². The Balaban J connectivity index is 1.72. The number of hydrogen-bond donors (Lipinski definition) is 1. The molecule has 28 heavy (non-hydrogen) atoms. The number of nitrogens with one attached hydrogen (secondary N) is 1. The van der Waals surface area contributed by atoms with E-state index in [0.29, 0.717) is 21.3 Å². The largest absolute Gasteiger partial charge is 0.451 e. The van der Waals surface area contributed by atoms with Crippen molar-refractivity contribution in [3.63, 3.8) is 0 Å². The molecular weight excluding hydrogens is 381 g/mol. The maximum absolute atomic E-state index is 14.2. The summed E-state index contributed by atoms with van der Waals surface area (Å²) in [7, 11) is 1.47. The van der Waals surface area contributed by atoms with Crippen molar-refractivity contribution < 1.29 is 23.5 Å². The van der Waals surface area contributed by atoms with Gasteiger partial charge in [-0.3, -0.25) is 4.79 Å². The number of anilines is 1. The molecule has 0 radical (unpaired) electrons. The number of benzene rings is 2. The van der Waals surface area contributed by atoms with Gasteiger partial charge in [0.2, 0.25) is 0 Å². The summed E-state index contributed by atoms with van der Waals surface area (Å²) in [6, 6.07) is 10.2. The van der Waals surface area contributed by atoms with Crippen molar-refractivity contribution in [2.24, 2.45) is 0 Å². The highest BCUT2D eigenvalue weighted by Gasteiger charge is 2.22. The number of esters is 1. The number of fused-ring (bicyclic) bond motifs is 1. The van der Waals surface area contributed by atoms with E-state index in [2.05, 4.69) is 5.32 Å². The predicted molar refractivity (Wildman–Crippen MR) is 107 cm³/mol. The van der Waals surface area contributed by atoms with Crippen LogP contribution in [-0.4, -0.2) is 25.6 Å². The van der Waals surface area contributed by atoms with Crippen molar-refractivity contribution in [1.82, 2.24) is 0 Å². The molecule has 1 N–H and O–H groups in total. The molecule has 0 spiro atoms. The highest BCUT2D eigenvalue weighted by Crippen LogP contribution is 2.34. The lowest BCUT2D eigenvalue weighted by Crippen LogP contribution is -2.21. The standard InChI is InChI=1S/C21H20FNO4S/c1-12-7-8-14(9-13(12)2)23-18(24)11-27-21(25)20-15(10-26-3)19-16(22)5-4-6-17(19)28-20/h4-9H,10-11H2,1-3H3,(H,23,24). The lowest BCUT2D eigenvalue weighted by molar-refractivity contribution is -0.119. The first-order valence-electron chi connectivity index (χ1n) is 8.63. The smallest absolute Gasteiger partial charge is 0.349 e. The lowest BCUT2D eigenvalue weighted by Gasteiger charge is -2.09. The minimum atomic E-state index is -0.678. The van der Waals surface area contributed by atoms with Crippen molar-refractivity contribution in [2.75, 3.05) is 19.0 Å². The second kappa shape index (κ2) is 8.50. The molecule has 1 amide bonds. The number of methoxy groups -OCH3 is 1. The number of rotatable bonds is 6. The van der Waals surface area contributed by atoms with Gasteiger partial charge in [0.05, 0.1) is 6.61 Å². The van der Waals surface area contributed by atoms with Crippen molar-refractivity contribution in [3.8, 4) is 0 Å². The molecule has 0 saturated carbocycles. The highest BCUT2D eigenvalue weighted by molar-refractivity contribution is 7.21. The number of amides is 1. The fourth-order valence-electron chi connectivity index (χ4n) is 2.83. The van der Waals surface area contributed by atoms with Gasteiger partial charge in [-0.05, 0) is 49.2 Å². The summed E-state index contributed by atoms with van der Waals surface area (Å²) in [5.74, 6) is -1.55. The van der Waals surface area contributed by atoms with Crippen molar-refractivity contribution in [1.29, 1.82) is 0 Å². The van der Waals surface area contributed by atoms with Crippen LogP contribution in [0, 0.1) is 19.7 Å². The zero-order valence-corrected chi connectivity index (χ0v) is 16.6. The van der Waals surface area contributed by atoms with Crippen LogP contribution in [0.2, 0.25) is 0 Å². The van der Waals surface area contributed by atoms with E-state index in [1.165, 1.54) is 13.2 Å². The number of carbonyl (C=O) groups is 2. The Morgan fingerprint density at radius 2 is 1.93 bits per heavy atom. The summed E-state index contributed by atoms with van der Waals surface area (Å²) >= 11 is 1.12. The van der Waals surface area contributed by atoms with Crippen LogP contribution in [0.25, 0.3) is 10.1 Å². The first kappa shape index (κ1) is 20.0. The summed E-state index contributed by atoms with van der Waals surface area (Å²) in [6.45, 7) is 3.56. The monoisotopic (exact) mass is 401 g/mol. The third-order valence-corrected chi connectivity index (χ3v) is 5.54. The summed E-state index contributed by atoms with van der Waals surface area (Å²) in [6.07, 6.45) is 0. The minimum absolute atomic E-state index is 0.0696. The third-order valence-electron chi connectivity index (χ3n) is 4.36. The van der Waals surface area contributed by atoms with Crippen LogP contribution in [-0.2, 0) is 20.9 Å². The van der Waals surface area contributed by atoms with Gasteiger partial charge in [-0.1, -0.05) is 12.1 Å². The Kier molecular flexibility index (Phi) is 6.06. The molecule has 1 heterocycles. The molecule has 146 valence electrons. The number of hydrogen-bond acceptors (Lipinski definition) is 5. The third kappa shape index (κ3) is 4.21. The molecule has 0 aliphatic rings. The molecular formula is C21H20FNO4S. The first-order valence-corrected chi connectivity index (χ1v) is 9.45. The quantitative estimate of drug-likeness (QED) is 0.613. The van der Waals surface area contributed by atoms with E-state index in [9.17, 15) is 14.0 Å². The molecule has 3 rings (SSSR count). The average molecular weight is 401 g/mol. The second-order valence-electron chi connectivity index (χ2n) is 6.38. The summed E-state index contributed by atoms with van der Waals surface area (Å²) in [5.41, 5.74) is 3.23. The van der Waals surface area contributed by atoms with Crippen molar-refractivity contribution >= 4 is 39.0 Å². The molecule has 5 nitrogen and oxygen atoms in total. The van der Waals surface area contributed by atoms with Crippen LogP contribution in [0.15, 0.2) is 36.4 Å². The molecule has 0 bridgehead atoms. The Bertz CT molecular complexity index is 1040. The molecule has 1 aromatic heterocycles. The Morgan fingerprint density at radius 3 is 2.64 bits per heavy atom. The van der Waals surface area contributed by atoms with Crippen LogP contribution in [0.5, 0.6) is 0 Å². The van der Waals surface area contributed by atoms with Gasteiger partial charge in [-0.25, -0.2) is 9.18 Å². The van der Waals surface area contributed by atoms with Gasteiger partial charge >= 0.3 is 5.97 Å². The van der Waals surface area contributed by atoms with Crippen LogP contribution >= 0.6 is 11.3 Å². The van der Waals surface area contributed by atoms with Crippen LogP contribution in [0.3, 0.4) is 0 Å². The Hall–Kier alpha value is -2.77. The van der Waals surface area contributed by atoms with Gasteiger partial charge in [0.1, 0.15) is 10.7 Å². The molecule has 7 heteroatoms. The van der Waals surface area contributed by atoms with Crippen molar-refractivity contribution in [2.45, 2.75) is 20.5 Å². The normalized spacial score (nSPS) is 10.9. The summed E-state index contributed by atoms with van der Waals surface area (Å²) < 4.78 is 25.1. The van der Waals surface area contributed by atoms with Crippen LogP contribution in [0.4, 0.5) is 10.1 Å². The lowest BCUT2D eigenvalue weighted by atomic mass is 10.1. The number of halogens is 1. The van der Waals surface area contributed by atoms with Gasteiger partial charge in [0.15, 0.2) is 6.61 Å². The fourth-order valence-corrected chi connectivity index (χ4v) is 3.94. The van der Waals surface area contributed by atoms with E-state index in [1.54, 1.807) is 18.2 Å². The SMILES string of the molecule is COCc1c(C(=O)OCC(=O)Nc2ccc(C)c(C)c2)sc2cccc(F)c12. The van der Waals surface area contributed by atoms with E-state index < -0.39 is 24.3 Å². The number of thiophene rings is 1. The van der Waals surface area contributed by atoms with E-state index >= 15 is 0 Å². The topological polar surface area (TPSA) is 64.6 Å². The number of carbonyl (C=O) groups excluding carboxylic acids is 2. The van der Waals surface area contributed by atoms with E-state index in [0.717, 1.165) is 22.5 Å². The molecule has 0 saturated heterocycles. The zero-order chi connectivity index (χ0) is 20.3. The maximum atomic E-state index is 14.2. The van der Waals surface area contributed by atoms with E-state index in [1.807, 2.05) is 26.0 Å². The van der Waals surface area contributed by atoms with E-state index in [-0.39, 0.29) is 11.5 Å². The Morgan fingerprint density at radius 1 is 1.14 bits per heavy atom. The second-order valence-corrected chi connectivity index (χ2v) is 7.43. The van der Waals surface area contributed by atoms with Crippen LogP contribution < -0.4 is 5.32 Å². The molecule has 2 aromatic carbocycles. The molecule has 0 fully saturated rings. The van der Waals surface area contributed by atoms with E-state index in [4.69, 9.17) is 9.47 Å². The van der Waals surface area contributed by atoms with Crippen LogP contribution in [0.1, 0.15) is 26.4 Å². The average Bonchev–Trinajstić information content (AvgIpc) is 3.03. The maximum Gasteiger partial charge on any atom is 0.349 e. The first-order chi connectivity index (χ1) is 13.4. The number of aryl methyl sites for hydroxylation is 2. The molecule has 0 unspecified atom stereocenters. The molecule has 3 aromatic rings. The minimum Gasteiger partial charge on any atom is -0.451 e. The number of ether oxygens (including phenoxy) is 2. The zero-order valence-electron chi connectivity index (χ0n) is 15.8. The van der Waals surface area contributed by atoms with Gasteiger partial charge in [-0.2, -0.15) is 0 Å².